The molecule has 43 heavy (non-hydrogen) atoms. The van der Waals surface area contributed by atoms with Crippen molar-refractivity contribution in [2.45, 2.75) is 83.0 Å². The van der Waals surface area contributed by atoms with E-state index in [9.17, 15) is 23.1 Å². The van der Waals surface area contributed by atoms with E-state index in [4.69, 9.17) is 14.2 Å². The van der Waals surface area contributed by atoms with Gasteiger partial charge in [-0.05, 0) is 74.8 Å². The minimum absolute atomic E-state index is 0.0533. The average molecular weight is 614 g/mol. The van der Waals surface area contributed by atoms with Crippen molar-refractivity contribution in [3.8, 4) is 17.0 Å². The second kappa shape index (κ2) is 10.5. The molecular weight excluding hydrogens is 583 g/mol. The van der Waals surface area contributed by atoms with Crippen molar-refractivity contribution in [3.05, 3.63) is 58.8 Å². The molecule has 2 aromatic heterocycles. The van der Waals surface area contributed by atoms with Crippen molar-refractivity contribution in [1.82, 2.24) is 10.1 Å². The number of benzene rings is 2. The van der Waals surface area contributed by atoms with Gasteiger partial charge in [0, 0.05) is 29.1 Å². The van der Waals surface area contributed by atoms with Gasteiger partial charge in [-0.1, -0.05) is 35.5 Å². The molecule has 12 heteroatoms. The highest BCUT2D eigenvalue weighted by Gasteiger charge is 2.47. The van der Waals surface area contributed by atoms with Gasteiger partial charge in [-0.2, -0.15) is 0 Å². The zero-order valence-electron chi connectivity index (χ0n) is 23.6. The van der Waals surface area contributed by atoms with Crippen molar-refractivity contribution in [1.29, 1.82) is 0 Å². The Labute approximate surface area is 249 Å². The van der Waals surface area contributed by atoms with Crippen molar-refractivity contribution in [2.24, 2.45) is 5.92 Å². The number of carboxylic acids is 1. The monoisotopic (exact) mass is 613 g/mol. The summed E-state index contributed by atoms with van der Waals surface area (Å²) in [6.07, 6.45) is -0.449. The molecule has 2 bridgehead atoms. The number of ether oxygens (including phenoxy) is 2. The fourth-order valence-electron chi connectivity index (χ4n) is 6.74. The summed E-state index contributed by atoms with van der Waals surface area (Å²) in [6, 6.07) is 9.74. The number of hydrogen-bond donors (Lipinski definition) is 1. The Bertz CT molecular complexity index is 1700. The maximum atomic E-state index is 13.1. The van der Waals surface area contributed by atoms with Crippen molar-refractivity contribution in [2.75, 3.05) is 4.90 Å². The van der Waals surface area contributed by atoms with Crippen LogP contribution in [0, 0.1) is 12.8 Å². The van der Waals surface area contributed by atoms with Crippen LogP contribution in [0.3, 0.4) is 0 Å². The molecule has 3 fully saturated rings. The van der Waals surface area contributed by atoms with Crippen LogP contribution in [-0.2, 0) is 11.3 Å². The number of carbonyl (C=O) groups is 1. The van der Waals surface area contributed by atoms with Gasteiger partial charge in [-0.15, -0.1) is 13.2 Å². The Hall–Kier alpha value is -3.64. The van der Waals surface area contributed by atoms with Crippen LogP contribution in [0.4, 0.5) is 18.3 Å². The predicted octanol–water partition coefficient (Wildman–Crippen LogP) is 7.70. The average Bonchev–Trinajstić information content (AvgIpc) is 3.49. The molecule has 1 aliphatic carbocycles. The van der Waals surface area contributed by atoms with Gasteiger partial charge < -0.3 is 24.0 Å². The maximum Gasteiger partial charge on any atom is 0.573 e. The summed E-state index contributed by atoms with van der Waals surface area (Å²) < 4.78 is 56.8. The third-order valence-electron chi connectivity index (χ3n) is 8.83. The van der Waals surface area contributed by atoms with E-state index in [1.54, 1.807) is 24.3 Å². The number of nitrogens with zero attached hydrogens (tertiary/aromatic N) is 3. The van der Waals surface area contributed by atoms with Crippen LogP contribution in [0.2, 0.25) is 0 Å². The number of aryl methyl sites for hydroxylation is 1. The van der Waals surface area contributed by atoms with Crippen molar-refractivity contribution in [3.63, 3.8) is 0 Å². The number of carboxylic acid groups (broad SMARTS) is 1. The van der Waals surface area contributed by atoms with Crippen LogP contribution < -0.4 is 9.64 Å². The summed E-state index contributed by atoms with van der Waals surface area (Å²) in [5, 5.41) is 14.6. The molecule has 4 atom stereocenters. The first-order chi connectivity index (χ1) is 20.6. The summed E-state index contributed by atoms with van der Waals surface area (Å²) in [6.45, 7) is 4.31. The zero-order chi connectivity index (χ0) is 30.0. The van der Waals surface area contributed by atoms with E-state index in [1.807, 2.05) is 6.92 Å². The molecule has 2 saturated heterocycles. The lowest BCUT2D eigenvalue weighted by atomic mass is 9.97. The molecule has 2 aromatic carbocycles. The van der Waals surface area contributed by atoms with E-state index in [1.165, 1.54) is 23.5 Å². The number of halogens is 3. The summed E-state index contributed by atoms with van der Waals surface area (Å²) in [4.78, 5) is 18.9. The minimum atomic E-state index is -4.83. The summed E-state index contributed by atoms with van der Waals surface area (Å²) in [5.41, 5.74) is 3.15. The number of piperidine rings is 1. The van der Waals surface area contributed by atoms with Crippen LogP contribution >= 0.6 is 11.3 Å². The second-order valence-corrected chi connectivity index (χ2v) is 12.9. The quantitative estimate of drug-likeness (QED) is 0.216. The summed E-state index contributed by atoms with van der Waals surface area (Å²) >= 11 is 1.53. The van der Waals surface area contributed by atoms with Gasteiger partial charge in [-0.25, -0.2) is 9.78 Å². The minimum Gasteiger partial charge on any atom is -0.478 e. The largest absolute Gasteiger partial charge is 0.573 e. The first-order valence-corrected chi connectivity index (χ1v) is 15.3. The number of aromatic carboxylic acids is 1. The standard InChI is InChI=1S/C31H30F3N3O5S/c1-15-10-19-12-20(13-23(15)37(19)30-35-26-16(2)9-18(29(38)39)11-25(26)43-30)40-14-22-27(36-42-28(22)17-7-8-17)21-5-3-4-6-24(21)41-31(32,33)34/h3-6,9,11,15,17,19-20,23H,7-8,10,12-14H2,1-2H3,(H,38,39)/t15-,19?,20?,23?/m1/s1. The summed E-state index contributed by atoms with van der Waals surface area (Å²) in [7, 11) is 0. The molecule has 0 spiro atoms. The smallest absolute Gasteiger partial charge is 0.478 e. The predicted molar refractivity (Wildman–Crippen MR) is 154 cm³/mol. The van der Waals surface area contributed by atoms with E-state index in [0.29, 0.717) is 22.9 Å². The molecule has 7 rings (SSSR count). The molecule has 1 saturated carbocycles. The number of thiazole rings is 1. The topological polar surface area (TPSA) is 97.9 Å². The van der Waals surface area contributed by atoms with Gasteiger partial charge in [0.25, 0.3) is 0 Å². The van der Waals surface area contributed by atoms with Crippen molar-refractivity contribution < 1.29 is 37.1 Å². The molecular formula is C31H30F3N3O5S. The first-order valence-electron chi connectivity index (χ1n) is 14.4. The Morgan fingerprint density at radius 3 is 2.70 bits per heavy atom. The lowest BCUT2D eigenvalue weighted by molar-refractivity contribution is -0.274. The van der Waals surface area contributed by atoms with Crippen LogP contribution in [-0.4, -0.2) is 45.8 Å². The highest BCUT2D eigenvalue weighted by molar-refractivity contribution is 7.22. The van der Waals surface area contributed by atoms with Crippen LogP contribution in [0.5, 0.6) is 5.75 Å². The Morgan fingerprint density at radius 2 is 1.98 bits per heavy atom. The molecule has 0 amide bonds. The Balaban J connectivity index is 1.12. The number of anilines is 1. The number of fused-ring (bicyclic) bond motifs is 3. The highest BCUT2D eigenvalue weighted by atomic mass is 32.1. The zero-order valence-corrected chi connectivity index (χ0v) is 24.4. The van der Waals surface area contributed by atoms with E-state index >= 15 is 0 Å². The second-order valence-electron chi connectivity index (χ2n) is 11.9. The highest BCUT2D eigenvalue weighted by Crippen LogP contribution is 2.48. The van der Waals surface area contributed by atoms with Gasteiger partial charge in [-0.3, -0.25) is 0 Å². The first kappa shape index (κ1) is 28.1. The third kappa shape index (κ3) is 5.35. The van der Waals surface area contributed by atoms with Gasteiger partial charge in [0.15, 0.2) is 5.13 Å². The number of alkyl halides is 3. The molecule has 1 N–H and O–H groups in total. The molecule has 226 valence electrons. The van der Waals surface area contributed by atoms with Crippen LogP contribution in [0.15, 0.2) is 40.9 Å². The Morgan fingerprint density at radius 1 is 1.19 bits per heavy atom. The number of rotatable bonds is 8. The van der Waals surface area contributed by atoms with Crippen molar-refractivity contribution >= 4 is 32.7 Å². The van der Waals surface area contributed by atoms with E-state index < -0.39 is 12.3 Å². The normalized spacial score (nSPS) is 23.7. The van der Waals surface area contributed by atoms with Gasteiger partial charge in [0.05, 0.1) is 28.5 Å². The lowest BCUT2D eigenvalue weighted by Gasteiger charge is -2.39. The van der Waals surface area contributed by atoms with E-state index in [2.05, 4.69) is 21.7 Å². The number of aromatic nitrogens is 2. The van der Waals surface area contributed by atoms with Gasteiger partial charge >= 0.3 is 12.3 Å². The SMILES string of the molecule is Cc1cc(C(=O)O)cc2sc(N3C4CC(OCc5c(-c6ccccc6OC(F)(F)F)noc5C5CC5)CC3[C@H](C)C4)nc12. The van der Waals surface area contributed by atoms with Crippen LogP contribution in [0.25, 0.3) is 21.5 Å². The third-order valence-corrected chi connectivity index (χ3v) is 9.85. The fourth-order valence-corrected chi connectivity index (χ4v) is 7.95. The molecule has 3 unspecified atom stereocenters. The van der Waals surface area contributed by atoms with E-state index in [-0.39, 0.29) is 47.6 Å². The van der Waals surface area contributed by atoms with E-state index in [0.717, 1.165) is 53.0 Å². The molecule has 4 heterocycles. The van der Waals surface area contributed by atoms with Crippen LogP contribution in [0.1, 0.15) is 72.2 Å². The maximum absolute atomic E-state index is 13.1. The molecule has 4 aromatic rings. The molecule has 0 radical (unpaired) electrons. The number of hydrogen-bond acceptors (Lipinski definition) is 8. The number of para-hydroxylation sites is 1. The fraction of sp³-hybridized carbons (Fsp3) is 0.452. The Kier molecular flexibility index (Phi) is 6.88. The van der Waals surface area contributed by atoms with Gasteiger partial charge in [0.2, 0.25) is 0 Å². The van der Waals surface area contributed by atoms with Gasteiger partial charge in [0.1, 0.15) is 17.2 Å². The molecule has 3 aliphatic rings. The molecule has 8 nitrogen and oxygen atoms in total. The summed E-state index contributed by atoms with van der Waals surface area (Å²) in [5.74, 6) is 0.00664. The molecule has 2 aliphatic heterocycles. The lowest BCUT2D eigenvalue weighted by Crippen LogP contribution is -2.46.